The molecule has 3 heterocycles. The summed E-state index contributed by atoms with van der Waals surface area (Å²) in [6.45, 7) is 0.134. The van der Waals surface area contributed by atoms with Gasteiger partial charge in [0.2, 0.25) is 21.8 Å². The van der Waals surface area contributed by atoms with Gasteiger partial charge in [0.1, 0.15) is 28.4 Å². The lowest BCUT2D eigenvalue weighted by Gasteiger charge is -2.32. The predicted molar refractivity (Wildman–Crippen MR) is 120 cm³/mol. The van der Waals surface area contributed by atoms with Crippen molar-refractivity contribution in [2.75, 3.05) is 13.1 Å². The fraction of sp³-hybridized carbons (Fsp3) is 0.375. The minimum atomic E-state index is -4.19. The number of amides is 3. The van der Waals surface area contributed by atoms with Crippen LogP contribution in [0, 0.1) is 17.5 Å². The Morgan fingerprint density at radius 3 is 2.31 bits per heavy atom. The molecule has 12 heteroatoms. The maximum Gasteiger partial charge on any atom is 0.255 e. The Morgan fingerprint density at radius 2 is 1.64 bits per heavy atom. The van der Waals surface area contributed by atoms with Crippen molar-refractivity contribution in [1.29, 1.82) is 0 Å². The number of hydrogen-bond acceptors (Lipinski definition) is 5. The lowest BCUT2D eigenvalue weighted by atomic mass is 9.86. The topological polar surface area (TPSA) is 104 Å². The summed E-state index contributed by atoms with van der Waals surface area (Å²) in [4.78, 5) is 37.6. The molecule has 2 fully saturated rings. The number of piperidine rings is 2. The maximum atomic E-state index is 14.5. The van der Waals surface area contributed by atoms with Crippen molar-refractivity contribution in [1.82, 2.24) is 14.5 Å². The number of carbonyl (C=O) groups is 3. The van der Waals surface area contributed by atoms with E-state index in [9.17, 15) is 36.0 Å². The number of nitrogens with one attached hydrogen (secondary N) is 1. The molecule has 36 heavy (non-hydrogen) atoms. The minimum absolute atomic E-state index is 0.0277. The molecule has 0 radical (unpaired) electrons. The molecule has 3 aliphatic heterocycles. The van der Waals surface area contributed by atoms with E-state index in [2.05, 4.69) is 5.32 Å². The summed E-state index contributed by atoms with van der Waals surface area (Å²) in [6.07, 6.45) is 0.868. The van der Waals surface area contributed by atoms with E-state index < -0.39 is 56.1 Å². The Hall–Kier alpha value is -3.25. The molecule has 0 saturated carbocycles. The second-order valence-corrected chi connectivity index (χ2v) is 11.1. The first-order valence-electron chi connectivity index (χ1n) is 11.5. The van der Waals surface area contributed by atoms with Gasteiger partial charge in [-0.15, -0.1) is 0 Å². The number of fused-ring (bicyclic) bond motifs is 1. The highest BCUT2D eigenvalue weighted by Crippen LogP contribution is 2.38. The van der Waals surface area contributed by atoms with Crippen LogP contribution in [0.2, 0.25) is 0 Å². The largest absolute Gasteiger partial charge is 0.322 e. The third kappa shape index (κ3) is 4.17. The van der Waals surface area contributed by atoms with E-state index in [1.165, 1.54) is 11.0 Å². The zero-order valence-corrected chi connectivity index (χ0v) is 19.8. The number of rotatable bonds is 4. The van der Waals surface area contributed by atoms with Crippen LogP contribution in [0.25, 0.3) is 0 Å². The van der Waals surface area contributed by atoms with Crippen LogP contribution in [0.15, 0.2) is 35.2 Å². The number of sulfonamides is 1. The van der Waals surface area contributed by atoms with Crippen molar-refractivity contribution < 1.29 is 36.0 Å². The normalized spacial score (nSPS) is 21.6. The van der Waals surface area contributed by atoms with E-state index >= 15 is 0 Å². The van der Waals surface area contributed by atoms with E-state index in [4.69, 9.17) is 0 Å². The molecule has 1 unspecified atom stereocenters. The molecule has 0 aliphatic carbocycles. The molecule has 5 rings (SSSR count). The highest BCUT2D eigenvalue weighted by molar-refractivity contribution is 7.89. The summed E-state index contributed by atoms with van der Waals surface area (Å²) in [6, 6.07) is 3.90. The van der Waals surface area contributed by atoms with Gasteiger partial charge in [0.05, 0.1) is 0 Å². The van der Waals surface area contributed by atoms with Crippen molar-refractivity contribution >= 4 is 27.7 Å². The Morgan fingerprint density at radius 1 is 0.917 bits per heavy atom. The second kappa shape index (κ2) is 9.00. The fourth-order valence-electron chi connectivity index (χ4n) is 5.25. The number of halogens is 3. The predicted octanol–water partition coefficient (Wildman–Crippen LogP) is 2.43. The molecule has 0 spiro atoms. The molecule has 8 nitrogen and oxygen atoms in total. The summed E-state index contributed by atoms with van der Waals surface area (Å²) in [5.41, 5.74) is 1.30. The number of nitrogens with zero attached hydrogens (tertiary/aromatic N) is 2. The van der Waals surface area contributed by atoms with Gasteiger partial charge in [0, 0.05) is 37.7 Å². The first-order chi connectivity index (χ1) is 17.1. The van der Waals surface area contributed by atoms with Gasteiger partial charge in [-0.3, -0.25) is 19.7 Å². The maximum absolute atomic E-state index is 14.5. The second-order valence-electron chi connectivity index (χ2n) is 9.17. The molecular weight excluding hydrogens is 499 g/mol. The first kappa shape index (κ1) is 24.4. The first-order valence-corrected chi connectivity index (χ1v) is 12.9. The van der Waals surface area contributed by atoms with Crippen LogP contribution in [0.4, 0.5) is 13.2 Å². The summed E-state index contributed by atoms with van der Waals surface area (Å²) < 4.78 is 68.8. The molecule has 3 aliphatic rings. The average Bonchev–Trinajstić information content (AvgIpc) is 3.14. The monoisotopic (exact) mass is 521 g/mol. The van der Waals surface area contributed by atoms with Crippen LogP contribution in [-0.2, 0) is 26.2 Å². The molecule has 190 valence electrons. The van der Waals surface area contributed by atoms with Gasteiger partial charge in [-0.05, 0) is 60.6 Å². The van der Waals surface area contributed by atoms with E-state index in [-0.39, 0.29) is 44.0 Å². The van der Waals surface area contributed by atoms with Crippen molar-refractivity contribution in [2.45, 2.75) is 49.1 Å². The smallest absolute Gasteiger partial charge is 0.255 e. The van der Waals surface area contributed by atoms with Crippen molar-refractivity contribution in [3.63, 3.8) is 0 Å². The van der Waals surface area contributed by atoms with Gasteiger partial charge >= 0.3 is 0 Å². The van der Waals surface area contributed by atoms with Crippen LogP contribution in [0.5, 0.6) is 0 Å². The Kier molecular flexibility index (Phi) is 6.11. The SMILES string of the molecule is O=C1CCC(N2Cc3c(cc(F)cc3C3CCN(S(=O)(=O)c4ccc(F)cc4F)CC3)C2=O)C(=O)N1. The van der Waals surface area contributed by atoms with Gasteiger partial charge in [-0.25, -0.2) is 21.6 Å². The molecule has 2 aromatic carbocycles. The minimum Gasteiger partial charge on any atom is -0.322 e. The zero-order chi connectivity index (χ0) is 25.8. The molecule has 1 N–H and O–H groups in total. The molecule has 0 bridgehead atoms. The average molecular weight is 522 g/mol. The standard InChI is InChI=1S/C24H22F3N3O5S/c25-14-1-3-21(19(27)11-14)36(34,35)29-7-5-13(6-8-29)16-9-15(26)10-17-18(16)12-30(24(17)33)20-2-4-22(31)28-23(20)32/h1,3,9-11,13,20H,2,4-8,12H2,(H,28,31,32). The van der Waals surface area contributed by atoms with Crippen LogP contribution in [-0.4, -0.2) is 54.5 Å². The summed E-state index contributed by atoms with van der Waals surface area (Å²) >= 11 is 0. The van der Waals surface area contributed by atoms with Gasteiger partial charge in [0.25, 0.3) is 5.91 Å². The summed E-state index contributed by atoms with van der Waals surface area (Å²) in [7, 11) is -4.19. The zero-order valence-electron chi connectivity index (χ0n) is 19.0. The van der Waals surface area contributed by atoms with Gasteiger partial charge in [0.15, 0.2) is 0 Å². The number of benzene rings is 2. The lowest BCUT2D eigenvalue weighted by Crippen LogP contribution is -2.52. The summed E-state index contributed by atoms with van der Waals surface area (Å²) in [5, 5.41) is 2.23. The molecule has 2 saturated heterocycles. The molecule has 3 amide bonds. The van der Waals surface area contributed by atoms with E-state index in [1.807, 2.05) is 0 Å². The highest BCUT2D eigenvalue weighted by atomic mass is 32.2. The quantitative estimate of drug-likeness (QED) is 0.623. The van der Waals surface area contributed by atoms with Crippen LogP contribution in [0.3, 0.4) is 0 Å². The van der Waals surface area contributed by atoms with Crippen LogP contribution in [0.1, 0.15) is 53.1 Å². The van der Waals surface area contributed by atoms with Gasteiger partial charge < -0.3 is 4.90 Å². The van der Waals surface area contributed by atoms with E-state index in [0.29, 0.717) is 30.0 Å². The number of imide groups is 1. The fourth-order valence-corrected chi connectivity index (χ4v) is 6.76. The Labute approximate surface area is 205 Å². The van der Waals surface area contributed by atoms with E-state index in [1.54, 1.807) is 0 Å². The van der Waals surface area contributed by atoms with Gasteiger partial charge in [-0.2, -0.15) is 4.31 Å². The van der Waals surface area contributed by atoms with Crippen LogP contribution < -0.4 is 5.32 Å². The molecule has 2 aromatic rings. The van der Waals surface area contributed by atoms with Crippen molar-refractivity contribution in [3.8, 4) is 0 Å². The van der Waals surface area contributed by atoms with Crippen LogP contribution >= 0.6 is 0 Å². The lowest BCUT2D eigenvalue weighted by molar-refractivity contribution is -0.136. The Bertz CT molecular complexity index is 1390. The number of carbonyl (C=O) groups excluding carboxylic acids is 3. The highest BCUT2D eigenvalue weighted by Gasteiger charge is 2.41. The number of hydrogen-bond donors (Lipinski definition) is 1. The van der Waals surface area contributed by atoms with E-state index in [0.717, 1.165) is 22.5 Å². The van der Waals surface area contributed by atoms with Crippen molar-refractivity contribution in [3.05, 3.63) is 64.5 Å². The third-order valence-corrected chi connectivity index (χ3v) is 8.99. The molecule has 1 atom stereocenters. The Balaban J connectivity index is 1.36. The molecular formula is C24H22F3N3O5S. The third-order valence-electron chi connectivity index (χ3n) is 7.06. The van der Waals surface area contributed by atoms with Gasteiger partial charge in [-0.1, -0.05) is 0 Å². The van der Waals surface area contributed by atoms with Crippen molar-refractivity contribution in [2.24, 2.45) is 0 Å². The summed E-state index contributed by atoms with van der Waals surface area (Å²) in [5.74, 6) is -4.42. The molecule has 0 aromatic heterocycles.